The summed E-state index contributed by atoms with van der Waals surface area (Å²) in [5, 5.41) is 4.53. The molecule has 1 atom stereocenters. The molecule has 5 rings (SSSR count). The van der Waals surface area contributed by atoms with Crippen LogP contribution in [0, 0.1) is 0 Å². The Hall–Kier alpha value is -4.16. The van der Waals surface area contributed by atoms with Crippen LogP contribution >= 0.6 is 0 Å². The standard InChI is InChI=1S/C28H30N4O7S/c1-28(22-10-6-8-19-7-4-5-9-21(19)22)26(34)32(27(35)29-28)18-25(33)30-13-15-31(16-14-30)40(36,37)20-11-12-23(38-2)24(17-20)39-3/h4-12,17H,13-16,18H2,1-3H3,(H,29,35)/t28-/m1/s1. The molecule has 40 heavy (non-hydrogen) atoms. The van der Waals surface area contributed by atoms with Crippen molar-refractivity contribution in [3.63, 3.8) is 0 Å². The summed E-state index contributed by atoms with van der Waals surface area (Å²) < 4.78 is 38.1. The van der Waals surface area contributed by atoms with Gasteiger partial charge in [0.05, 0.1) is 19.1 Å². The zero-order valence-corrected chi connectivity index (χ0v) is 23.2. The monoisotopic (exact) mass is 566 g/mol. The summed E-state index contributed by atoms with van der Waals surface area (Å²) in [7, 11) is -0.952. The van der Waals surface area contributed by atoms with Crippen LogP contribution < -0.4 is 14.8 Å². The molecule has 2 aliphatic heterocycles. The van der Waals surface area contributed by atoms with Gasteiger partial charge in [-0.05, 0) is 35.4 Å². The molecule has 11 nitrogen and oxygen atoms in total. The Morgan fingerprint density at radius 3 is 2.30 bits per heavy atom. The second kappa shape index (κ2) is 10.4. The van der Waals surface area contributed by atoms with E-state index in [1.54, 1.807) is 13.0 Å². The van der Waals surface area contributed by atoms with Crippen molar-refractivity contribution in [1.29, 1.82) is 0 Å². The van der Waals surface area contributed by atoms with Crippen molar-refractivity contribution in [2.75, 3.05) is 46.9 Å². The maximum atomic E-state index is 13.5. The molecule has 1 N–H and O–H groups in total. The molecule has 210 valence electrons. The molecule has 0 unspecified atom stereocenters. The Kier molecular flexibility index (Phi) is 7.15. The lowest BCUT2D eigenvalue weighted by atomic mass is 9.88. The van der Waals surface area contributed by atoms with Gasteiger partial charge >= 0.3 is 6.03 Å². The van der Waals surface area contributed by atoms with Gasteiger partial charge in [0, 0.05) is 32.2 Å². The Morgan fingerprint density at radius 1 is 0.925 bits per heavy atom. The van der Waals surface area contributed by atoms with Crippen molar-refractivity contribution in [3.8, 4) is 11.5 Å². The van der Waals surface area contributed by atoms with E-state index in [2.05, 4.69) is 5.32 Å². The van der Waals surface area contributed by atoms with Crippen LogP contribution in [0.4, 0.5) is 4.79 Å². The van der Waals surface area contributed by atoms with Crippen LogP contribution in [0.5, 0.6) is 11.5 Å². The number of piperazine rings is 1. The first-order valence-corrected chi connectivity index (χ1v) is 14.2. The van der Waals surface area contributed by atoms with Gasteiger partial charge in [-0.1, -0.05) is 42.5 Å². The van der Waals surface area contributed by atoms with Gasteiger partial charge in [-0.15, -0.1) is 0 Å². The first-order chi connectivity index (χ1) is 19.1. The molecule has 2 heterocycles. The Balaban J connectivity index is 1.26. The lowest BCUT2D eigenvalue weighted by Crippen LogP contribution is -2.53. The van der Waals surface area contributed by atoms with Crippen LogP contribution in [0.1, 0.15) is 12.5 Å². The molecular formula is C28H30N4O7S. The van der Waals surface area contributed by atoms with E-state index in [0.717, 1.165) is 15.7 Å². The van der Waals surface area contributed by atoms with Crippen LogP contribution in [-0.2, 0) is 25.2 Å². The number of carbonyl (C=O) groups is 3. The molecule has 0 radical (unpaired) electrons. The number of benzene rings is 3. The van der Waals surface area contributed by atoms with Crippen molar-refractivity contribution in [3.05, 3.63) is 66.2 Å². The lowest BCUT2D eigenvalue weighted by molar-refractivity contribution is -0.139. The molecule has 0 aliphatic carbocycles. The molecule has 0 aromatic heterocycles. The Bertz CT molecular complexity index is 1600. The average Bonchev–Trinajstić information content (AvgIpc) is 3.19. The molecule has 3 aromatic rings. The van der Waals surface area contributed by atoms with Crippen LogP contribution in [-0.4, -0.2) is 87.3 Å². The van der Waals surface area contributed by atoms with E-state index >= 15 is 0 Å². The van der Waals surface area contributed by atoms with Crippen LogP contribution in [0.2, 0.25) is 0 Å². The van der Waals surface area contributed by atoms with Gasteiger partial charge < -0.3 is 19.7 Å². The van der Waals surface area contributed by atoms with Crippen LogP contribution in [0.3, 0.4) is 0 Å². The molecule has 0 spiro atoms. The highest BCUT2D eigenvalue weighted by molar-refractivity contribution is 7.89. The second-order valence-corrected chi connectivity index (χ2v) is 11.7. The topological polar surface area (TPSA) is 126 Å². The van der Waals surface area contributed by atoms with E-state index in [-0.39, 0.29) is 31.1 Å². The minimum atomic E-state index is -3.84. The number of imide groups is 1. The van der Waals surface area contributed by atoms with Gasteiger partial charge in [0.2, 0.25) is 15.9 Å². The number of sulfonamides is 1. The van der Waals surface area contributed by atoms with Gasteiger partial charge in [0.1, 0.15) is 12.1 Å². The van der Waals surface area contributed by atoms with E-state index in [1.807, 2.05) is 36.4 Å². The minimum Gasteiger partial charge on any atom is -0.493 e. The maximum Gasteiger partial charge on any atom is 0.325 e. The zero-order valence-electron chi connectivity index (χ0n) is 22.4. The number of carbonyl (C=O) groups excluding carboxylic acids is 3. The van der Waals surface area contributed by atoms with E-state index in [0.29, 0.717) is 17.1 Å². The predicted octanol–water partition coefficient (Wildman–Crippen LogP) is 2.16. The SMILES string of the molecule is COc1ccc(S(=O)(=O)N2CCN(C(=O)CN3C(=O)N[C@](C)(c4cccc5ccccc45)C3=O)CC2)cc1OC. The summed E-state index contributed by atoms with van der Waals surface area (Å²) in [5.41, 5.74) is -0.683. The predicted molar refractivity (Wildman–Crippen MR) is 146 cm³/mol. The van der Waals surface area contributed by atoms with E-state index in [1.165, 1.54) is 41.6 Å². The van der Waals surface area contributed by atoms with Gasteiger partial charge in [0.25, 0.3) is 5.91 Å². The highest BCUT2D eigenvalue weighted by Crippen LogP contribution is 2.34. The van der Waals surface area contributed by atoms with Crippen molar-refractivity contribution in [1.82, 2.24) is 19.4 Å². The third kappa shape index (κ3) is 4.62. The quantitative estimate of drug-likeness (QED) is 0.435. The summed E-state index contributed by atoms with van der Waals surface area (Å²) in [6.07, 6.45) is 0. The molecule has 0 bridgehead atoms. The summed E-state index contributed by atoms with van der Waals surface area (Å²) in [6.45, 7) is 1.57. The third-order valence-electron chi connectivity index (χ3n) is 7.48. The Morgan fingerprint density at radius 2 is 1.60 bits per heavy atom. The summed E-state index contributed by atoms with van der Waals surface area (Å²) in [6, 6.07) is 16.8. The van der Waals surface area contributed by atoms with E-state index in [4.69, 9.17) is 9.47 Å². The molecule has 2 aliphatic rings. The smallest absolute Gasteiger partial charge is 0.325 e. The molecule has 2 fully saturated rings. The van der Waals surface area contributed by atoms with E-state index in [9.17, 15) is 22.8 Å². The van der Waals surface area contributed by atoms with Crippen molar-refractivity contribution < 1.29 is 32.3 Å². The van der Waals surface area contributed by atoms with Gasteiger partial charge in [0.15, 0.2) is 11.5 Å². The molecule has 3 aromatic carbocycles. The van der Waals surface area contributed by atoms with Crippen molar-refractivity contribution >= 4 is 38.6 Å². The van der Waals surface area contributed by atoms with Gasteiger partial charge in [-0.25, -0.2) is 13.2 Å². The number of methoxy groups -OCH3 is 2. The first kappa shape index (κ1) is 27.4. The number of nitrogens with one attached hydrogen (secondary N) is 1. The number of hydrogen-bond acceptors (Lipinski definition) is 7. The molecule has 4 amide bonds. The summed E-state index contributed by atoms with van der Waals surface area (Å²) in [4.78, 5) is 42.0. The number of ether oxygens (including phenoxy) is 2. The minimum absolute atomic E-state index is 0.0528. The zero-order chi connectivity index (χ0) is 28.7. The van der Waals surface area contributed by atoms with Crippen LogP contribution in [0.15, 0.2) is 65.6 Å². The number of rotatable bonds is 7. The van der Waals surface area contributed by atoms with Crippen LogP contribution in [0.25, 0.3) is 10.8 Å². The highest BCUT2D eigenvalue weighted by Gasteiger charge is 2.50. The summed E-state index contributed by atoms with van der Waals surface area (Å²) >= 11 is 0. The van der Waals surface area contributed by atoms with E-state index < -0.39 is 40.0 Å². The number of amides is 4. The number of urea groups is 1. The fourth-order valence-electron chi connectivity index (χ4n) is 5.22. The average molecular weight is 567 g/mol. The molecular weight excluding hydrogens is 536 g/mol. The Labute approximate surface area is 232 Å². The number of nitrogens with zero attached hydrogens (tertiary/aromatic N) is 3. The van der Waals surface area contributed by atoms with Crippen molar-refractivity contribution in [2.45, 2.75) is 17.4 Å². The number of hydrogen-bond donors (Lipinski definition) is 1. The largest absolute Gasteiger partial charge is 0.493 e. The molecule has 0 saturated carbocycles. The second-order valence-electron chi connectivity index (χ2n) is 9.77. The van der Waals surface area contributed by atoms with Gasteiger partial charge in [-0.3, -0.25) is 14.5 Å². The first-order valence-electron chi connectivity index (χ1n) is 12.7. The van der Waals surface area contributed by atoms with Crippen molar-refractivity contribution in [2.24, 2.45) is 0 Å². The fourth-order valence-corrected chi connectivity index (χ4v) is 6.66. The summed E-state index contributed by atoms with van der Waals surface area (Å²) in [5.74, 6) is -0.249. The lowest BCUT2D eigenvalue weighted by Gasteiger charge is -2.34. The highest BCUT2D eigenvalue weighted by atomic mass is 32.2. The molecule has 12 heteroatoms. The third-order valence-corrected chi connectivity index (χ3v) is 9.38. The fraction of sp³-hybridized carbons (Fsp3) is 0.321. The maximum absolute atomic E-state index is 13.5. The molecule has 2 saturated heterocycles. The normalized spacial score (nSPS) is 20.1. The number of fused-ring (bicyclic) bond motifs is 1. The van der Waals surface area contributed by atoms with Gasteiger partial charge in [-0.2, -0.15) is 4.31 Å².